The van der Waals surface area contributed by atoms with Gasteiger partial charge in [-0.2, -0.15) is 0 Å². The minimum absolute atomic E-state index is 0.0707. The van der Waals surface area contributed by atoms with Gasteiger partial charge in [-0.25, -0.2) is 4.98 Å². The van der Waals surface area contributed by atoms with Crippen molar-refractivity contribution in [2.24, 2.45) is 0 Å². The number of carbonyl (C=O) groups is 1. The highest BCUT2D eigenvalue weighted by Gasteiger charge is 2.35. The normalized spacial score (nSPS) is 20.1. The summed E-state index contributed by atoms with van der Waals surface area (Å²) in [7, 11) is 0. The molecule has 1 fully saturated rings. The van der Waals surface area contributed by atoms with Gasteiger partial charge < -0.3 is 9.47 Å². The molecule has 4 rings (SSSR count). The van der Waals surface area contributed by atoms with Gasteiger partial charge in [-0.3, -0.25) is 9.69 Å². The van der Waals surface area contributed by atoms with Gasteiger partial charge in [0.1, 0.15) is 11.2 Å². The molecule has 2 aliphatic rings. The van der Waals surface area contributed by atoms with E-state index >= 15 is 0 Å². The Morgan fingerprint density at radius 2 is 2.10 bits per heavy atom. The van der Waals surface area contributed by atoms with Crippen LogP contribution in [0.4, 0.5) is 5.82 Å². The number of benzene rings is 1. The molecule has 1 amide bonds. The maximum absolute atomic E-state index is 12.2. The molecule has 2 aliphatic heterocycles. The minimum Gasteiger partial charge on any atom is -0.454 e. The molecule has 1 atom stereocenters. The first-order valence-corrected chi connectivity index (χ1v) is 7.62. The quantitative estimate of drug-likeness (QED) is 0.853. The molecule has 0 radical (unpaired) electrons. The Morgan fingerprint density at radius 3 is 2.95 bits per heavy atom. The molecule has 1 saturated heterocycles. The number of aromatic nitrogens is 1. The Kier molecular flexibility index (Phi) is 2.96. The lowest BCUT2D eigenvalue weighted by Crippen LogP contribution is -2.28. The zero-order valence-electron chi connectivity index (χ0n) is 11.1. The Balaban J connectivity index is 1.72. The van der Waals surface area contributed by atoms with Gasteiger partial charge in [-0.1, -0.05) is 12.1 Å². The Bertz CT molecular complexity index is 693. The van der Waals surface area contributed by atoms with Gasteiger partial charge >= 0.3 is 0 Å². The molecule has 0 N–H and O–H groups in total. The smallest absolute Gasteiger partial charge is 0.239 e. The van der Waals surface area contributed by atoms with Crippen LogP contribution in [0.1, 0.15) is 10.9 Å². The van der Waals surface area contributed by atoms with Gasteiger partial charge in [0, 0.05) is 6.20 Å². The van der Waals surface area contributed by atoms with Gasteiger partial charge in [0.2, 0.25) is 12.7 Å². The van der Waals surface area contributed by atoms with Crippen LogP contribution in [0.3, 0.4) is 0 Å². The molecule has 0 saturated carbocycles. The fourth-order valence-corrected chi connectivity index (χ4v) is 3.63. The van der Waals surface area contributed by atoms with E-state index in [1.807, 2.05) is 36.4 Å². The maximum atomic E-state index is 12.2. The zero-order valence-corrected chi connectivity index (χ0v) is 11.9. The predicted octanol–water partition coefficient (Wildman–Crippen LogP) is 2.59. The topological polar surface area (TPSA) is 51.7 Å². The van der Waals surface area contributed by atoms with E-state index in [2.05, 4.69) is 4.98 Å². The number of anilines is 1. The molecule has 106 valence electrons. The number of rotatable bonds is 2. The summed E-state index contributed by atoms with van der Waals surface area (Å²) in [5.74, 6) is 2.68. The Hall–Kier alpha value is -2.21. The number of pyridine rings is 1. The second-order valence-electron chi connectivity index (χ2n) is 4.73. The van der Waals surface area contributed by atoms with Gasteiger partial charge in [0.25, 0.3) is 0 Å². The number of nitrogens with zero attached hydrogens (tertiary/aromatic N) is 2. The van der Waals surface area contributed by atoms with Crippen LogP contribution in [0, 0.1) is 0 Å². The van der Waals surface area contributed by atoms with Crippen LogP contribution < -0.4 is 14.4 Å². The second kappa shape index (κ2) is 4.96. The highest BCUT2D eigenvalue weighted by molar-refractivity contribution is 8.00. The molecular weight excluding hydrogens is 288 g/mol. The molecule has 0 spiro atoms. The number of ether oxygens (including phenoxy) is 2. The molecule has 1 aromatic carbocycles. The summed E-state index contributed by atoms with van der Waals surface area (Å²) < 4.78 is 10.7. The van der Waals surface area contributed by atoms with E-state index in [4.69, 9.17) is 9.47 Å². The van der Waals surface area contributed by atoms with Crippen molar-refractivity contribution in [1.82, 2.24) is 4.98 Å². The molecule has 6 heteroatoms. The van der Waals surface area contributed by atoms with E-state index in [1.165, 1.54) is 0 Å². The summed E-state index contributed by atoms with van der Waals surface area (Å²) in [6.45, 7) is 0.249. The number of carbonyl (C=O) groups excluding carboxylic acids is 1. The first kappa shape index (κ1) is 12.5. The van der Waals surface area contributed by atoms with Gasteiger partial charge in [-0.05, 0) is 29.8 Å². The monoisotopic (exact) mass is 300 g/mol. The zero-order chi connectivity index (χ0) is 14.2. The molecule has 5 nitrogen and oxygen atoms in total. The first-order chi connectivity index (χ1) is 10.3. The molecule has 1 aromatic heterocycles. The van der Waals surface area contributed by atoms with Gasteiger partial charge in [-0.15, -0.1) is 11.8 Å². The minimum atomic E-state index is -0.0816. The molecule has 0 aliphatic carbocycles. The number of hydrogen-bond donors (Lipinski definition) is 0. The molecule has 21 heavy (non-hydrogen) atoms. The molecule has 1 unspecified atom stereocenters. The van der Waals surface area contributed by atoms with Crippen molar-refractivity contribution in [3.05, 3.63) is 48.2 Å². The van der Waals surface area contributed by atoms with Crippen molar-refractivity contribution in [1.29, 1.82) is 0 Å². The standard InChI is InChI=1S/C15H12N2O3S/c18-14-8-21-15(17(14)13-3-1-2-6-16-13)10-4-5-11-12(7-10)20-9-19-11/h1-7,15H,8-9H2. The summed E-state index contributed by atoms with van der Waals surface area (Å²) in [5, 5.41) is -0.0816. The number of fused-ring (bicyclic) bond motifs is 1. The molecule has 0 bridgehead atoms. The number of amides is 1. The predicted molar refractivity (Wildman–Crippen MR) is 79.5 cm³/mol. The van der Waals surface area contributed by atoms with E-state index in [9.17, 15) is 4.79 Å². The van der Waals surface area contributed by atoms with Crippen molar-refractivity contribution >= 4 is 23.5 Å². The highest BCUT2D eigenvalue weighted by atomic mass is 32.2. The van der Waals surface area contributed by atoms with Crippen LogP contribution in [-0.2, 0) is 4.79 Å². The number of hydrogen-bond acceptors (Lipinski definition) is 5. The fourth-order valence-electron chi connectivity index (χ4n) is 2.48. The van der Waals surface area contributed by atoms with E-state index in [1.54, 1.807) is 22.9 Å². The third kappa shape index (κ3) is 2.12. The van der Waals surface area contributed by atoms with Crippen LogP contribution >= 0.6 is 11.8 Å². The van der Waals surface area contributed by atoms with Crippen molar-refractivity contribution < 1.29 is 14.3 Å². The summed E-state index contributed by atoms with van der Waals surface area (Å²) >= 11 is 1.59. The first-order valence-electron chi connectivity index (χ1n) is 6.57. The average molecular weight is 300 g/mol. The van der Waals surface area contributed by atoms with E-state index in [0.29, 0.717) is 11.6 Å². The summed E-state index contributed by atoms with van der Waals surface area (Å²) in [6.07, 6.45) is 1.70. The Labute approximate surface area is 125 Å². The SMILES string of the molecule is O=C1CSC(c2ccc3c(c2)OCO3)N1c1ccccn1. The fraction of sp³-hybridized carbons (Fsp3) is 0.200. The van der Waals surface area contributed by atoms with Crippen LogP contribution in [0.5, 0.6) is 11.5 Å². The molecule has 2 aromatic rings. The van der Waals surface area contributed by atoms with Gasteiger partial charge in [0.05, 0.1) is 5.75 Å². The molecule has 3 heterocycles. The van der Waals surface area contributed by atoms with Crippen molar-refractivity contribution in [3.63, 3.8) is 0 Å². The van der Waals surface area contributed by atoms with Crippen LogP contribution in [0.25, 0.3) is 0 Å². The van der Waals surface area contributed by atoms with E-state index in [-0.39, 0.29) is 18.1 Å². The Morgan fingerprint density at radius 1 is 1.19 bits per heavy atom. The van der Waals surface area contributed by atoms with Crippen LogP contribution in [-0.4, -0.2) is 23.4 Å². The van der Waals surface area contributed by atoms with E-state index < -0.39 is 0 Å². The van der Waals surface area contributed by atoms with Crippen LogP contribution in [0.15, 0.2) is 42.6 Å². The lowest BCUT2D eigenvalue weighted by Gasteiger charge is -2.23. The third-order valence-electron chi connectivity index (χ3n) is 3.45. The summed E-state index contributed by atoms with van der Waals surface area (Å²) in [5.41, 5.74) is 1.01. The van der Waals surface area contributed by atoms with E-state index in [0.717, 1.165) is 17.1 Å². The largest absolute Gasteiger partial charge is 0.454 e. The summed E-state index contributed by atoms with van der Waals surface area (Å²) in [4.78, 5) is 18.2. The van der Waals surface area contributed by atoms with Crippen molar-refractivity contribution in [2.75, 3.05) is 17.4 Å². The number of thioether (sulfide) groups is 1. The lowest BCUT2D eigenvalue weighted by molar-refractivity contribution is -0.115. The maximum Gasteiger partial charge on any atom is 0.239 e. The van der Waals surface area contributed by atoms with Gasteiger partial charge in [0.15, 0.2) is 11.5 Å². The van der Waals surface area contributed by atoms with Crippen molar-refractivity contribution in [3.8, 4) is 11.5 Å². The lowest BCUT2D eigenvalue weighted by atomic mass is 10.2. The summed E-state index contributed by atoms with van der Waals surface area (Å²) in [6, 6.07) is 11.4. The van der Waals surface area contributed by atoms with Crippen LogP contribution in [0.2, 0.25) is 0 Å². The second-order valence-corrected chi connectivity index (χ2v) is 5.80. The highest BCUT2D eigenvalue weighted by Crippen LogP contribution is 2.44. The average Bonchev–Trinajstić information content (AvgIpc) is 3.13. The molecular formula is C15H12N2O3S. The third-order valence-corrected chi connectivity index (χ3v) is 4.66. The van der Waals surface area contributed by atoms with Crippen molar-refractivity contribution in [2.45, 2.75) is 5.37 Å².